The summed E-state index contributed by atoms with van der Waals surface area (Å²) in [5.41, 5.74) is 0. The van der Waals surface area contributed by atoms with Crippen LogP contribution < -0.4 is 0 Å². The molecule has 0 aromatic carbocycles. The Morgan fingerprint density at radius 1 is 0.349 bits per heavy atom. The van der Waals surface area contributed by atoms with Crippen LogP contribution in [0, 0.1) is 0 Å². The van der Waals surface area contributed by atoms with Gasteiger partial charge in [0, 0.05) is 0 Å². The van der Waals surface area contributed by atoms with Crippen LogP contribution in [-0.4, -0.2) is 123 Å². The highest BCUT2D eigenvalue weighted by Crippen LogP contribution is 2.65. The summed E-state index contributed by atoms with van der Waals surface area (Å²) in [6.07, 6.45) is -22.9. The van der Waals surface area contributed by atoms with Gasteiger partial charge in [0.2, 0.25) is 10.5 Å². The van der Waals surface area contributed by atoms with Gasteiger partial charge in [-0.1, -0.05) is 23.2 Å². The quantitative estimate of drug-likeness (QED) is 0.0780. The van der Waals surface area contributed by atoms with Crippen LogP contribution in [0.15, 0.2) is 0 Å². The number of rotatable bonds is 18. The Morgan fingerprint density at radius 2 is 0.635 bits per heavy atom. The number of esters is 1. The van der Waals surface area contributed by atoms with Crippen LogP contribution in [0.2, 0.25) is 0 Å². The van der Waals surface area contributed by atoms with E-state index in [-0.39, 0.29) is 0 Å². The highest BCUT2D eigenvalue weighted by atomic mass is 35.5. The first-order chi connectivity index (χ1) is 26.4. The van der Waals surface area contributed by atoms with Gasteiger partial charge in [0.1, 0.15) is 0 Å². The van der Waals surface area contributed by atoms with E-state index < -0.39 is 123 Å². The van der Waals surface area contributed by atoms with Gasteiger partial charge in [0.25, 0.3) is 5.78 Å². The van der Waals surface area contributed by atoms with Gasteiger partial charge in [0.05, 0.1) is 0 Å². The molecule has 0 aromatic rings. The first-order valence-electron chi connectivity index (χ1n) is 13.0. The zero-order valence-electron chi connectivity index (χ0n) is 26.5. The van der Waals surface area contributed by atoms with Crippen molar-refractivity contribution < 1.29 is 172 Å². The second kappa shape index (κ2) is 15.3. The molecule has 0 aliphatic carbocycles. The molecular weight excluding hydrogens is 1090 g/mol. The standard InChI is InChI=1S/C21HCl3F36O3/c22-4(23,20(55,56)57)1(25)5(26,27)9(33,34)12(39,40)8(32,2(61)6(28,29)10(35,36)13(41,42)16(47,48)18(51,52)21(58,59)60)63-3(62)7(30,31)11(37,38)14(43,44)15(45,46)17(49,50)19(24,53)54/h1H. The van der Waals surface area contributed by atoms with Crippen LogP contribution in [-0.2, 0) is 14.3 Å². The van der Waals surface area contributed by atoms with Crippen LogP contribution in [0.5, 0.6) is 0 Å². The lowest BCUT2D eigenvalue weighted by molar-refractivity contribution is -0.438. The zero-order chi connectivity index (χ0) is 52.4. The summed E-state index contributed by atoms with van der Waals surface area (Å²) in [6.45, 7) is 0. The molecule has 2 unspecified atom stereocenters. The van der Waals surface area contributed by atoms with Gasteiger partial charge in [-0.05, 0) is 11.6 Å². The molecule has 0 N–H and O–H groups in total. The van der Waals surface area contributed by atoms with E-state index in [9.17, 15) is 163 Å². The van der Waals surface area contributed by atoms with Crippen molar-refractivity contribution in [3.05, 3.63) is 0 Å². The van der Waals surface area contributed by atoms with Crippen LogP contribution in [0.4, 0.5) is 158 Å². The predicted octanol–water partition coefficient (Wildman–Crippen LogP) is 12.5. The molecule has 63 heavy (non-hydrogen) atoms. The summed E-state index contributed by atoms with van der Waals surface area (Å²) < 4.78 is 488. The smallest absolute Gasteiger partial charge is 0.411 e. The van der Waals surface area contributed by atoms with Crippen molar-refractivity contribution in [2.45, 2.75) is 111 Å². The molecule has 0 rings (SSSR count). The van der Waals surface area contributed by atoms with Crippen molar-refractivity contribution in [1.82, 2.24) is 0 Å². The molecule has 0 aliphatic rings. The highest BCUT2D eigenvalue weighted by molar-refractivity contribution is 6.49. The van der Waals surface area contributed by atoms with E-state index in [0.717, 1.165) is 4.74 Å². The van der Waals surface area contributed by atoms with Gasteiger partial charge in [0.15, 0.2) is 0 Å². The number of ketones is 1. The van der Waals surface area contributed by atoms with E-state index in [1.54, 1.807) is 0 Å². The maximum Gasteiger partial charge on any atom is 0.460 e. The molecule has 0 heterocycles. The zero-order valence-corrected chi connectivity index (χ0v) is 28.8. The average Bonchev–Trinajstić information content (AvgIpc) is 3.04. The summed E-state index contributed by atoms with van der Waals surface area (Å²) in [6, 6.07) is 0. The fourth-order valence-electron chi connectivity index (χ4n) is 3.40. The van der Waals surface area contributed by atoms with Crippen molar-refractivity contribution in [3.63, 3.8) is 0 Å². The van der Waals surface area contributed by atoms with Gasteiger partial charge in [-0.2, -0.15) is 154 Å². The van der Waals surface area contributed by atoms with Gasteiger partial charge < -0.3 is 4.74 Å². The van der Waals surface area contributed by atoms with Crippen molar-refractivity contribution >= 4 is 46.6 Å². The Balaban J connectivity index is 8.71. The number of alkyl halides is 39. The van der Waals surface area contributed by atoms with Crippen molar-refractivity contribution in [2.75, 3.05) is 0 Å². The third-order valence-corrected chi connectivity index (χ3v) is 8.21. The van der Waals surface area contributed by atoms with E-state index in [2.05, 4.69) is 34.8 Å². The Morgan fingerprint density at radius 3 is 0.921 bits per heavy atom. The highest BCUT2D eigenvalue weighted by Gasteiger charge is 2.97. The minimum Gasteiger partial charge on any atom is -0.411 e. The van der Waals surface area contributed by atoms with Crippen molar-refractivity contribution in [2.24, 2.45) is 0 Å². The third-order valence-electron chi connectivity index (χ3n) is 7.17. The number of carbonyl (C=O) groups is 2. The largest absolute Gasteiger partial charge is 0.460 e. The minimum absolute atomic E-state index is 1.02. The molecule has 376 valence electrons. The monoisotopic (exact) mass is 1090 g/mol. The molecule has 0 fully saturated rings. The van der Waals surface area contributed by atoms with E-state index in [1.165, 1.54) is 0 Å². The summed E-state index contributed by atoms with van der Waals surface area (Å²) in [5.74, 6) is -147. The number of carbonyl (C=O) groups excluding carboxylic acids is 2. The number of Topliss-reactive ketones (excluding diaryl/α,β-unsaturated/α-hetero) is 1. The molecule has 0 radical (unpaired) electrons. The molecule has 2 atom stereocenters. The van der Waals surface area contributed by atoms with E-state index in [1.807, 2.05) is 0 Å². The molecule has 0 aliphatic heterocycles. The van der Waals surface area contributed by atoms with Crippen LogP contribution in [0.1, 0.15) is 0 Å². The molecule has 0 bridgehead atoms. The fraction of sp³-hybridized carbons (Fsp3) is 0.905. The van der Waals surface area contributed by atoms with Gasteiger partial charge >= 0.3 is 107 Å². The van der Waals surface area contributed by atoms with Gasteiger partial charge in [-0.3, -0.25) is 4.79 Å². The molecular formula is C21HCl3F36O3. The molecule has 0 amide bonds. The summed E-state index contributed by atoms with van der Waals surface area (Å²) in [4.78, 5) is 23.4. The number of halogens is 39. The first kappa shape index (κ1) is 60.5. The third kappa shape index (κ3) is 7.83. The Hall–Kier alpha value is -2.51. The molecule has 0 aromatic heterocycles. The summed E-state index contributed by atoms with van der Waals surface area (Å²) in [5, 5.41) is -7.48. The Labute approximate surface area is 330 Å². The van der Waals surface area contributed by atoms with Gasteiger partial charge in [-0.25, -0.2) is 9.18 Å². The SMILES string of the molecule is O=C(OC(F)(C(=O)C(F)(F)C(F)(F)C(F)(F)C(F)(F)C(F)(F)C(F)(F)F)C(F)(F)C(F)(F)C(F)(F)C(F)C(Cl)(Cl)C(F)(F)F)C(F)(F)C(F)(F)C(F)(F)C(F)(F)C(F)(F)C(F)(F)Cl. The van der Waals surface area contributed by atoms with Gasteiger partial charge in [-0.15, -0.1) is 0 Å². The summed E-state index contributed by atoms with van der Waals surface area (Å²) in [7, 11) is 0. The van der Waals surface area contributed by atoms with Crippen LogP contribution >= 0.6 is 34.8 Å². The van der Waals surface area contributed by atoms with E-state index >= 15 is 4.39 Å². The van der Waals surface area contributed by atoms with Crippen molar-refractivity contribution in [3.8, 4) is 0 Å². The van der Waals surface area contributed by atoms with Crippen LogP contribution in [0.25, 0.3) is 0 Å². The number of hydrogen-bond donors (Lipinski definition) is 0. The van der Waals surface area contributed by atoms with E-state index in [0.29, 0.717) is 0 Å². The molecule has 0 saturated heterocycles. The topological polar surface area (TPSA) is 43.4 Å². The summed E-state index contributed by atoms with van der Waals surface area (Å²) >= 11 is 10.9. The second-order valence-corrected chi connectivity index (χ2v) is 13.2. The molecule has 42 heteroatoms. The lowest BCUT2D eigenvalue weighted by Crippen LogP contribution is -2.77. The first-order valence-corrected chi connectivity index (χ1v) is 14.2. The Bertz CT molecular complexity index is 1720. The maximum absolute atomic E-state index is 15.5. The second-order valence-electron chi connectivity index (χ2n) is 11.3. The lowest BCUT2D eigenvalue weighted by Gasteiger charge is -2.44. The molecule has 0 spiro atoms. The molecule has 0 saturated carbocycles. The number of hydrogen-bond acceptors (Lipinski definition) is 3. The fourth-order valence-corrected chi connectivity index (χ4v) is 3.79. The normalized spacial score (nSPS) is 18.0. The maximum atomic E-state index is 15.5. The average molecular weight is 1090 g/mol. The Kier molecular flexibility index (Phi) is 14.7. The lowest BCUT2D eigenvalue weighted by atomic mass is 9.85. The predicted molar refractivity (Wildman–Crippen MR) is 121 cm³/mol. The minimum atomic E-state index is -10.0. The van der Waals surface area contributed by atoms with E-state index in [4.69, 9.17) is 0 Å². The number of ether oxygens (including phenoxy) is 1. The van der Waals surface area contributed by atoms with Crippen LogP contribution in [0.3, 0.4) is 0 Å². The van der Waals surface area contributed by atoms with Crippen molar-refractivity contribution in [1.29, 1.82) is 0 Å². The molecule has 3 nitrogen and oxygen atoms in total.